The van der Waals surface area contributed by atoms with Crippen LogP contribution in [0, 0.1) is 11.2 Å². The highest BCUT2D eigenvalue weighted by molar-refractivity contribution is 5.91. The highest BCUT2D eigenvalue weighted by Crippen LogP contribution is 2.32. The van der Waals surface area contributed by atoms with E-state index in [2.05, 4.69) is 27.8 Å². The Kier molecular flexibility index (Phi) is 7.52. The van der Waals surface area contributed by atoms with Gasteiger partial charge in [-0.3, -0.25) is 5.41 Å². The zero-order chi connectivity index (χ0) is 23.0. The van der Waals surface area contributed by atoms with Crippen LogP contribution in [-0.2, 0) is 0 Å². The zero-order valence-corrected chi connectivity index (χ0v) is 18.7. The standard InChI is InChI=1S/C26H31FN6/c27-20-7-3-6-19(18-20)24-11-5-17-33(24)25(29)14-13-21-8-1-2-9-22(31-21)23-10-4-12-26(32-23)30-16-15-28/h3-4,6-10,12-14,18,24,29,31H,1-2,5,11,15-17,28H2,(H,30,32)/b14-13-,29-25?/t24-/m1/s1. The molecule has 0 amide bonds. The molecule has 2 aromatic rings. The first-order valence-electron chi connectivity index (χ1n) is 11.5. The van der Waals surface area contributed by atoms with E-state index in [4.69, 9.17) is 11.1 Å². The van der Waals surface area contributed by atoms with Crippen LogP contribution in [0.1, 0.15) is 43.0 Å². The lowest BCUT2D eigenvalue weighted by Crippen LogP contribution is -2.28. The monoisotopic (exact) mass is 446 g/mol. The van der Waals surface area contributed by atoms with Crippen molar-refractivity contribution in [2.75, 3.05) is 25.0 Å². The third-order valence-electron chi connectivity index (χ3n) is 5.85. The topological polar surface area (TPSA) is 90.1 Å². The molecule has 3 heterocycles. The van der Waals surface area contributed by atoms with Gasteiger partial charge >= 0.3 is 0 Å². The average Bonchev–Trinajstić information content (AvgIpc) is 3.21. The van der Waals surface area contributed by atoms with Gasteiger partial charge in [-0.25, -0.2) is 9.37 Å². The minimum atomic E-state index is -0.232. The van der Waals surface area contributed by atoms with Crippen molar-refractivity contribution in [3.05, 3.63) is 89.5 Å². The number of hydrogen-bond donors (Lipinski definition) is 4. The van der Waals surface area contributed by atoms with Gasteiger partial charge in [-0.1, -0.05) is 30.4 Å². The fourth-order valence-electron chi connectivity index (χ4n) is 4.27. The summed E-state index contributed by atoms with van der Waals surface area (Å²) in [6, 6.07) is 12.6. The molecule has 5 N–H and O–H groups in total. The Morgan fingerprint density at radius 3 is 2.94 bits per heavy atom. The van der Waals surface area contributed by atoms with Crippen molar-refractivity contribution in [2.45, 2.75) is 31.7 Å². The van der Waals surface area contributed by atoms with Crippen molar-refractivity contribution in [1.82, 2.24) is 15.2 Å². The molecule has 1 saturated heterocycles. The molecule has 33 heavy (non-hydrogen) atoms. The maximum absolute atomic E-state index is 13.7. The van der Waals surface area contributed by atoms with Crippen LogP contribution in [0.2, 0.25) is 0 Å². The molecule has 0 radical (unpaired) electrons. The number of nitrogens with zero attached hydrogens (tertiary/aromatic N) is 2. The normalized spacial score (nSPS) is 18.5. The van der Waals surface area contributed by atoms with Gasteiger partial charge in [0, 0.05) is 25.3 Å². The summed E-state index contributed by atoms with van der Waals surface area (Å²) in [4.78, 5) is 6.74. The van der Waals surface area contributed by atoms with E-state index in [-0.39, 0.29) is 11.9 Å². The molecule has 1 aromatic heterocycles. The molecular weight excluding hydrogens is 415 g/mol. The zero-order valence-electron chi connectivity index (χ0n) is 18.7. The molecule has 2 aliphatic rings. The molecule has 0 spiro atoms. The number of halogens is 1. The number of pyridine rings is 1. The lowest BCUT2D eigenvalue weighted by Gasteiger charge is -2.26. The van der Waals surface area contributed by atoms with Gasteiger partial charge in [-0.2, -0.15) is 0 Å². The van der Waals surface area contributed by atoms with Gasteiger partial charge in [-0.05, 0) is 67.7 Å². The Morgan fingerprint density at radius 2 is 2.09 bits per heavy atom. The van der Waals surface area contributed by atoms with Crippen LogP contribution in [0.5, 0.6) is 0 Å². The highest BCUT2D eigenvalue weighted by Gasteiger charge is 2.27. The molecule has 7 heteroatoms. The van der Waals surface area contributed by atoms with Gasteiger partial charge in [0.1, 0.15) is 17.5 Å². The number of rotatable bonds is 7. The molecule has 2 aliphatic heterocycles. The molecule has 0 aliphatic carbocycles. The lowest BCUT2D eigenvalue weighted by atomic mass is 10.0. The van der Waals surface area contributed by atoms with E-state index in [0.29, 0.717) is 18.9 Å². The van der Waals surface area contributed by atoms with Crippen LogP contribution in [0.4, 0.5) is 10.2 Å². The average molecular weight is 447 g/mol. The number of nitrogens with one attached hydrogen (secondary N) is 3. The predicted molar refractivity (Wildman–Crippen MR) is 132 cm³/mol. The lowest BCUT2D eigenvalue weighted by molar-refractivity contribution is 0.398. The van der Waals surface area contributed by atoms with Crippen molar-refractivity contribution < 1.29 is 4.39 Å². The molecule has 1 aromatic carbocycles. The fraction of sp³-hybridized carbons (Fsp3) is 0.308. The van der Waals surface area contributed by atoms with Gasteiger partial charge in [0.2, 0.25) is 0 Å². The van der Waals surface area contributed by atoms with Crippen molar-refractivity contribution in [2.24, 2.45) is 5.73 Å². The molecule has 6 nitrogen and oxygen atoms in total. The van der Waals surface area contributed by atoms with Crippen LogP contribution >= 0.6 is 0 Å². The first-order chi connectivity index (χ1) is 16.1. The van der Waals surface area contributed by atoms with Crippen molar-refractivity contribution in [3.8, 4) is 0 Å². The fourth-order valence-corrected chi connectivity index (χ4v) is 4.27. The summed E-state index contributed by atoms with van der Waals surface area (Å²) in [6.07, 6.45) is 11.8. The second-order valence-corrected chi connectivity index (χ2v) is 8.23. The Hall–Kier alpha value is -3.45. The van der Waals surface area contributed by atoms with Gasteiger partial charge in [0.25, 0.3) is 0 Å². The minimum Gasteiger partial charge on any atom is -0.369 e. The van der Waals surface area contributed by atoms with Crippen LogP contribution in [-0.4, -0.2) is 35.4 Å². The van der Waals surface area contributed by atoms with E-state index in [0.717, 1.165) is 60.7 Å². The van der Waals surface area contributed by atoms with Crippen LogP contribution < -0.4 is 16.4 Å². The summed E-state index contributed by atoms with van der Waals surface area (Å²) >= 11 is 0. The number of likely N-dealkylation sites (tertiary alicyclic amines) is 1. The SMILES string of the molecule is N=C(/C=C\C1=CCCC=C(c2cccc(NCCN)n2)N1)N1CCC[C@@H]1c1cccc(F)c1. The first-order valence-corrected chi connectivity index (χ1v) is 11.5. The number of aromatic nitrogens is 1. The maximum Gasteiger partial charge on any atom is 0.126 e. The van der Waals surface area contributed by atoms with Crippen molar-refractivity contribution in [1.29, 1.82) is 5.41 Å². The van der Waals surface area contributed by atoms with E-state index in [1.54, 1.807) is 12.1 Å². The second kappa shape index (κ2) is 10.9. The van der Waals surface area contributed by atoms with Gasteiger partial charge < -0.3 is 21.3 Å². The van der Waals surface area contributed by atoms with E-state index >= 15 is 0 Å². The number of allylic oxidation sites excluding steroid dienone is 3. The molecule has 0 saturated carbocycles. The van der Waals surface area contributed by atoms with Gasteiger partial charge in [0.05, 0.1) is 17.4 Å². The summed E-state index contributed by atoms with van der Waals surface area (Å²) in [5, 5.41) is 15.3. The Labute approximate surface area is 194 Å². The minimum absolute atomic E-state index is 0.0392. The Morgan fingerprint density at radius 1 is 1.24 bits per heavy atom. The smallest absolute Gasteiger partial charge is 0.126 e. The second-order valence-electron chi connectivity index (χ2n) is 8.23. The quantitative estimate of drug-likeness (QED) is 0.370. The summed E-state index contributed by atoms with van der Waals surface area (Å²) in [7, 11) is 0. The van der Waals surface area contributed by atoms with Gasteiger partial charge in [-0.15, -0.1) is 0 Å². The third-order valence-corrected chi connectivity index (χ3v) is 5.85. The molecule has 172 valence electrons. The highest BCUT2D eigenvalue weighted by atomic mass is 19.1. The third kappa shape index (κ3) is 5.87. The number of benzene rings is 1. The number of nitrogens with two attached hydrogens (primary N) is 1. The van der Waals surface area contributed by atoms with Crippen LogP contribution in [0.15, 0.2) is 72.5 Å². The van der Waals surface area contributed by atoms with E-state index in [1.165, 1.54) is 6.07 Å². The van der Waals surface area contributed by atoms with Crippen LogP contribution in [0.3, 0.4) is 0 Å². The van der Waals surface area contributed by atoms with Crippen molar-refractivity contribution in [3.63, 3.8) is 0 Å². The van der Waals surface area contributed by atoms with Gasteiger partial charge in [0.15, 0.2) is 0 Å². The van der Waals surface area contributed by atoms with Crippen LogP contribution in [0.25, 0.3) is 5.70 Å². The van der Waals surface area contributed by atoms with E-state index in [9.17, 15) is 4.39 Å². The summed E-state index contributed by atoms with van der Waals surface area (Å²) in [5.41, 5.74) is 9.25. The molecule has 1 fully saturated rings. The predicted octanol–water partition coefficient (Wildman–Crippen LogP) is 4.57. The number of anilines is 1. The number of amidine groups is 1. The molecule has 4 rings (SSSR count). The number of hydrogen-bond acceptors (Lipinski definition) is 5. The maximum atomic E-state index is 13.7. The molecule has 0 bridgehead atoms. The molecular formula is C26H31FN6. The first kappa shape index (κ1) is 22.7. The Balaban J connectivity index is 1.44. The van der Waals surface area contributed by atoms with E-state index < -0.39 is 0 Å². The summed E-state index contributed by atoms with van der Waals surface area (Å²) in [5.74, 6) is 1.000. The summed E-state index contributed by atoms with van der Waals surface area (Å²) < 4.78 is 13.7. The summed E-state index contributed by atoms with van der Waals surface area (Å²) in [6.45, 7) is 2.02. The molecule has 0 unspecified atom stereocenters. The largest absolute Gasteiger partial charge is 0.369 e. The molecule has 1 atom stereocenters. The van der Waals surface area contributed by atoms with E-state index in [1.807, 2.05) is 41.3 Å². The van der Waals surface area contributed by atoms with Crippen molar-refractivity contribution >= 4 is 17.4 Å². The Bertz CT molecular complexity index is 1070.